The molecule has 0 aromatic carbocycles. The lowest BCUT2D eigenvalue weighted by molar-refractivity contribution is -0.150. The van der Waals surface area contributed by atoms with Crippen LogP contribution < -0.4 is 5.73 Å². The molecule has 4 heteroatoms. The fourth-order valence-corrected chi connectivity index (χ4v) is 0.641. The van der Waals surface area contributed by atoms with Crippen LogP contribution in [0.2, 0.25) is 0 Å². The Balaban J connectivity index is 3.73. The first kappa shape index (κ1) is 9.75. The van der Waals surface area contributed by atoms with E-state index in [1.54, 1.807) is 13.8 Å². The lowest BCUT2D eigenvalue weighted by atomic mass is 10.0. The van der Waals surface area contributed by atoms with E-state index in [0.29, 0.717) is 0 Å². The second-order valence-corrected chi connectivity index (χ2v) is 2.78. The topological polar surface area (TPSA) is 26.0 Å². The molecule has 1 nitrogen and oxygen atoms in total. The van der Waals surface area contributed by atoms with Gasteiger partial charge in [0.15, 0.2) is 0 Å². The number of alkyl halides is 3. The molecular formula is C6H12F3N. The maximum absolute atomic E-state index is 11.7. The normalized spacial score (nSPS) is 15.9. The van der Waals surface area contributed by atoms with E-state index in [1.807, 2.05) is 0 Å². The lowest BCUT2D eigenvalue weighted by Gasteiger charge is -2.16. The largest absolute Gasteiger partial charge is 0.403 e. The molecule has 0 spiro atoms. The summed E-state index contributed by atoms with van der Waals surface area (Å²) >= 11 is 0. The predicted octanol–water partition coefficient (Wildman–Crippen LogP) is 1.92. The van der Waals surface area contributed by atoms with Gasteiger partial charge in [-0.05, 0) is 12.3 Å². The molecule has 0 saturated carbocycles. The van der Waals surface area contributed by atoms with Crippen molar-refractivity contribution in [3.63, 3.8) is 0 Å². The molecule has 2 N–H and O–H groups in total. The summed E-state index contributed by atoms with van der Waals surface area (Å²) in [4.78, 5) is 0. The van der Waals surface area contributed by atoms with Gasteiger partial charge in [-0.3, -0.25) is 0 Å². The van der Waals surface area contributed by atoms with Crippen LogP contribution >= 0.6 is 0 Å². The minimum Gasteiger partial charge on any atom is -0.320 e. The Kier molecular flexibility index (Phi) is 3.15. The maximum Gasteiger partial charge on any atom is 0.403 e. The summed E-state index contributed by atoms with van der Waals surface area (Å²) in [6.07, 6.45) is -4.23. The van der Waals surface area contributed by atoms with E-state index in [2.05, 4.69) is 0 Å². The quantitative estimate of drug-likeness (QED) is 0.647. The highest BCUT2D eigenvalue weighted by Crippen LogP contribution is 2.22. The standard InChI is InChI=1S/C6H12F3N/c1-4(2)3-5(10)6(7,8)9/h4-5H,3,10H2,1-2H3/t5-/m0/s1. The van der Waals surface area contributed by atoms with E-state index in [-0.39, 0.29) is 12.3 Å². The van der Waals surface area contributed by atoms with Gasteiger partial charge in [-0.2, -0.15) is 13.2 Å². The number of nitrogens with two attached hydrogens (primary N) is 1. The second kappa shape index (κ2) is 3.23. The van der Waals surface area contributed by atoms with E-state index in [0.717, 1.165) is 0 Å². The number of hydrogen-bond acceptors (Lipinski definition) is 1. The molecule has 0 aliphatic carbocycles. The summed E-state index contributed by atoms with van der Waals surface area (Å²) in [6, 6.07) is -1.66. The zero-order valence-electron chi connectivity index (χ0n) is 6.07. The Labute approximate surface area is 58.4 Å². The average Bonchev–Trinajstić information content (AvgIpc) is 1.60. The van der Waals surface area contributed by atoms with Crippen molar-refractivity contribution in [2.45, 2.75) is 32.5 Å². The third kappa shape index (κ3) is 3.71. The van der Waals surface area contributed by atoms with Gasteiger partial charge in [0, 0.05) is 0 Å². The molecule has 0 radical (unpaired) electrons. The van der Waals surface area contributed by atoms with Crippen molar-refractivity contribution in [3.8, 4) is 0 Å². The van der Waals surface area contributed by atoms with E-state index >= 15 is 0 Å². The van der Waals surface area contributed by atoms with Gasteiger partial charge in [-0.15, -0.1) is 0 Å². The molecule has 0 rings (SSSR count). The highest BCUT2D eigenvalue weighted by Gasteiger charge is 2.36. The number of rotatable bonds is 2. The Morgan fingerprint density at radius 3 is 1.80 bits per heavy atom. The fourth-order valence-electron chi connectivity index (χ4n) is 0.641. The zero-order chi connectivity index (χ0) is 8.36. The molecule has 1 atom stereocenters. The summed E-state index contributed by atoms with van der Waals surface area (Å²) in [5, 5.41) is 0. The van der Waals surface area contributed by atoms with Crippen LogP contribution in [0.15, 0.2) is 0 Å². The van der Waals surface area contributed by atoms with Crippen LogP contribution in [-0.4, -0.2) is 12.2 Å². The maximum atomic E-state index is 11.7. The van der Waals surface area contributed by atoms with Gasteiger partial charge in [-0.25, -0.2) is 0 Å². The van der Waals surface area contributed by atoms with Crippen LogP contribution in [0.1, 0.15) is 20.3 Å². The first-order valence-electron chi connectivity index (χ1n) is 3.16. The average molecular weight is 155 g/mol. The monoisotopic (exact) mass is 155 g/mol. The number of halogens is 3. The summed E-state index contributed by atoms with van der Waals surface area (Å²) in [6.45, 7) is 3.43. The molecule has 10 heavy (non-hydrogen) atoms. The Morgan fingerprint density at radius 2 is 1.70 bits per heavy atom. The van der Waals surface area contributed by atoms with E-state index in [4.69, 9.17) is 5.73 Å². The summed E-state index contributed by atoms with van der Waals surface area (Å²) in [5.74, 6) is -0.00313. The molecule has 0 amide bonds. The van der Waals surface area contributed by atoms with Crippen molar-refractivity contribution >= 4 is 0 Å². The van der Waals surface area contributed by atoms with Gasteiger partial charge in [-0.1, -0.05) is 13.8 Å². The van der Waals surface area contributed by atoms with Crippen molar-refractivity contribution in [2.24, 2.45) is 11.7 Å². The predicted molar refractivity (Wildman–Crippen MR) is 33.5 cm³/mol. The first-order chi connectivity index (χ1) is 4.34. The van der Waals surface area contributed by atoms with Crippen LogP contribution in [0.25, 0.3) is 0 Å². The van der Waals surface area contributed by atoms with Crippen molar-refractivity contribution in [3.05, 3.63) is 0 Å². The van der Waals surface area contributed by atoms with Crippen molar-refractivity contribution in [2.75, 3.05) is 0 Å². The molecule has 0 heterocycles. The summed E-state index contributed by atoms with van der Waals surface area (Å²) < 4.78 is 35.1. The van der Waals surface area contributed by atoms with Crippen LogP contribution in [0.5, 0.6) is 0 Å². The van der Waals surface area contributed by atoms with Gasteiger partial charge in [0.1, 0.15) is 6.04 Å². The summed E-state index contributed by atoms with van der Waals surface area (Å²) in [5.41, 5.74) is 4.83. The third-order valence-electron chi connectivity index (χ3n) is 1.15. The van der Waals surface area contributed by atoms with Crippen molar-refractivity contribution < 1.29 is 13.2 Å². The molecule has 0 bridgehead atoms. The second-order valence-electron chi connectivity index (χ2n) is 2.78. The lowest BCUT2D eigenvalue weighted by Crippen LogP contribution is -2.38. The molecule has 0 aromatic heterocycles. The minimum absolute atomic E-state index is 0.00313. The highest BCUT2D eigenvalue weighted by atomic mass is 19.4. The fraction of sp³-hybridized carbons (Fsp3) is 1.00. The first-order valence-corrected chi connectivity index (χ1v) is 3.16. The third-order valence-corrected chi connectivity index (χ3v) is 1.15. The van der Waals surface area contributed by atoms with E-state index in [1.165, 1.54) is 0 Å². The molecule has 0 unspecified atom stereocenters. The molecule has 0 aliphatic rings. The summed E-state index contributed by atoms with van der Waals surface area (Å²) in [7, 11) is 0. The van der Waals surface area contributed by atoms with Gasteiger partial charge in [0.05, 0.1) is 0 Å². The molecule has 0 saturated heterocycles. The molecule has 0 fully saturated rings. The zero-order valence-corrected chi connectivity index (χ0v) is 6.07. The van der Waals surface area contributed by atoms with Gasteiger partial charge in [0.25, 0.3) is 0 Å². The van der Waals surface area contributed by atoms with Gasteiger partial charge >= 0.3 is 6.18 Å². The molecule has 0 aliphatic heterocycles. The molecular weight excluding hydrogens is 143 g/mol. The van der Waals surface area contributed by atoms with Gasteiger partial charge < -0.3 is 5.73 Å². The van der Waals surface area contributed by atoms with Crippen LogP contribution in [0.4, 0.5) is 13.2 Å². The van der Waals surface area contributed by atoms with E-state index in [9.17, 15) is 13.2 Å². The molecule has 0 aromatic rings. The van der Waals surface area contributed by atoms with Crippen molar-refractivity contribution in [1.29, 1.82) is 0 Å². The van der Waals surface area contributed by atoms with Gasteiger partial charge in [0.2, 0.25) is 0 Å². The smallest absolute Gasteiger partial charge is 0.320 e. The van der Waals surface area contributed by atoms with Crippen LogP contribution in [0, 0.1) is 5.92 Å². The highest BCUT2D eigenvalue weighted by molar-refractivity contribution is 4.71. The minimum atomic E-state index is -4.23. The van der Waals surface area contributed by atoms with Crippen LogP contribution in [-0.2, 0) is 0 Å². The Bertz CT molecular complexity index is 97.7. The SMILES string of the molecule is CC(C)C[C@H](N)C(F)(F)F. The Hall–Kier alpha value is -0.250. The van der Waals surface area contributed by atoms with Crippen LogP contribution in [0.3, 0.4) is 0 Å². The Morgan fingerprint density at radius 1 is 1.30 bits per heavy atom. The number of hydrogen-bond donors (Lipinski definition) is 1. The van der Waals surface area contributed by atoms with E-state index < -0.39 is 12.2 Å². The molecule has 62 valence electrons. The van der Waals surface area contributed by atoms with Crippen molar-refractivity contribution in [1.82, 2.24) is 0 Å².